The van der Waals surface area contributed by atoms with Gasteiger partial charge >= 0.3 is 0 Å². The molecule has 3 N–H and O–H groups in total. The van der Waals surface area contributed by atoms with Crippen LogP contribution < -0.4 is 0 Å². The van der Waals surface area contributed by atoms with Crippen molar-refractivity contribution >= 4 is 0 Å². The van der Waals surface area contributed by atoms with Gasteiger partial charge in [-0.1, -0.05) is 6.42 Å². The van der Waals surface area contributed by atoms with Crippen molar-refractivity contribution in [3.05, 3.63) is 0 Å². The predicted octanol–water partition coefficient (Wildman–Crippen LogP) is 0.716. The van der Waals surface area contributed by atoms with Gasteiger partial charge in [0, 0.05) is 5.41 Å². The van der Waals surface area contributed by atoms with Gasteiger partial charge in [-0.25, -0.2) is 5.11 Å². The third-order valence-electron chi connectivity index (χ3n) is 3.34. The van der Waals surface area contributed by atoms with Gasteiger partial charge in [0.15, 0.2) is 0 Å². The average Bonchev–Trinajstić information content (AvgIpc) is 2.10. The summed E-state index contributed by atoms with van der Waals surface area (Å²) < 4.78 is 0. The molecule has 0 saturated heterocycles. The molecule has 0 heterocycles. The highest BCUT2D eigenvalue weighted by molar-refractivity contribution is 4.93. The largest absolute Gasteiger partial charge is 0.393 e. The lowest BCUT2D eigenvalue weighted by Crippen LogP contribution is -2.50. The third kappa shape index (κ3) is 3.41. The SMILES string of the molecule is CC(O)C(CCCC[O])(C(C)O)C(C)O. The molecule has 4 nitrogen and oxygen atoms in total. The molecule has 0 aliphatic heterocycles. The van der Waals surface area contributed by atoms with Gasteiger partial charge in [0.05, 0.1) is 24.9 Å². The fourth-order valence-electron chi connectivity index (χ4n) is 2.21. The van der Waals surface area contributed by atoms with E-state index in [4.69, 9.17) is 0 Å². The number of unbranched alkanes of at least 4 members (excludes halogenated alkanes) is 1. The third-order valence-corrected chi connectivity index (χ3v) is 3.34. The second-order valence-electron chi connectivity index (χ2n) is 4.30. The van der Waals surface area contributed by atoms with E-state index in [9.17, 15) is 20.4 Å². The van der Waals surface area contributed by atoms with Gasteiger partial charge in [-0.3, -0.25) is 0 Å². The lowest BCUT2D eigenvalue weighted by Gasteiger charge is -2.42. The first kappa shape index (κ1) is 14.8. The van der Waals surface area contributed by atoms with E-state index in [-0.39, 0.29) is 6.61 Å². The minimum Gasteiger partial charge on any atom is -0.393 e. The molecule has 0 aromatic rings. The molecule has 0 amide bonds. The Morgan fingerprint density at radius 3 is 1.60 bits per heavy atom. The summed E-state index contributed by atoms with van der Waals surface area (Å²) in [5, 5.41) is 39.5. The quantitative estimate of drug-likeness (QED) is 0.552. The number of aliphatic hydroxyl groups is 3. The fraction of sp³-hybridized carbons (Fsp3) is 1.00. The van der Waals surface area contributed by atoms with Gasteiger partial charge in [0.2, 0.25) is 0 Å². The maximum Gasteiger partial charge on any atom is 0.0822 e. The molecular weight excluding hydrogens is 196 g/mol. The van der Waals surface area contributed by atoms with Crippen LogP contribution in [0.5, 0.6) is 0 Å². The number of hydrogen-bond acceptors (Lipinski definition) is 3. The van der Waals surface area contributed by atoms with Gasteiger partial charge < -0.3 is 15.3 Å². The van der Waals surface area contributed by atoms with Crippen LogP contribution in [-0.4, -0.2) is 40.2 Å². The number of hydrogen-bond donors (Lipinski definition) is 3. The molecule has 3 atom stereocenters. The first-order valence-electron chi connectivity index (χ1n) is 5.51. The molecule has 0 bridgehead atoms. The van der Waals surface area contributed by atoms with Crippen LogP contribution >= 0.6 is 0 Å². The maximum atomic E-state index is 10.3. The van der Waals surface area contributed by atoms with Gasteiger partial charge in [0.25, 0.3) is 0 Å². The first-order valence-corrected chi connectivity index (χ1v) is 5.51. The summed E-state index contributed by atoms with van der Waals surface area (Å²) in [6.07, 6.45) is -0.821. The normalized spacial score (nSPS) is 21.8. The lowest BCUT2D eigenvalue weighted by molar-refractivity contribution is -0.127. The average molecular weight is 219 g/mol. The van der Waals surface area contributed by atoms with Crippen molar-refractivity contribution in [2.45, 2.75) is 58.3 Å². The molecule has 0 saturated carbocycles. The summed E-state index contributed by atoms with van der Waals surface area (Å²) >= 11 is 0. The minimum atomic E-state index is -0.921. The Labute approximate surface area is 91.6 Å². The van der Waals surface area contributed by atoms with Gasteiger partial charge in [0.1, 0.15) is 0 Å². The topological polar surface area (TPSA) is 80.6 Å². The second kappa shape index (κ2) is 6.43. The van der Waals surface area contributed by atoms with Crippen molar-refractivity contribution in [1.82, 2.24) is 0 Å². The van der Waals surface area contributed by atoms with Gasteiger partial charge in [-0.15, -0.1) is 0 Å². The summed E-state index contributed by atoms with van der Waals surface area (Å²) in [6, 6.07) is 0. The van der Waals surface area contributed by atoms with Crippen LogP contribution in [0.25, 0.3) is 0 Å². The van der Waals surface area contributed by atoms with Crippen LogP contribution in [0.1, 0.15) is 40.0 Å². The van der Waals surface area contributed by atoms with Crippen molar-refractivity contribution in [1.29, 1.82) is 0 Å². The van der Waals surface area contributed by atoms with E-state index >= 15 is 0 Å². The smallest absolute Gasteiger partial charge is 0.0822 e. The summed E-state index contributed by atoms with van der Waals surface area (Å²) in [4.78, 5) is 0. The summed E-state index contributed by atoms with van der Waals surface area (Å²) in [5.41, 5.74) is -0.921. The predicted molar refractivity (Wildman–Crippen MR) is 56.9 cm³/mol. The Morgan fingerprint density at radius 1 is 0.933 bits per heavy atom. The molecule has 91 valence electrons. The molecule has 0 fully saturated rings. The number of rotatable bonds is 7. The van der Waals surface area contributed by atoms with Crippen LogP contribution in [0, 0.1) is 5.41 Å². The molecule has 0 spiro atoms. The van der Waals surface area contributed by atoms with Gasteiger partial charge in [-0.2, -0.15) is 0 Å². The molecule has 0 aliphatic rings. The standard InChI is InChI=1S/C11H23O4/c1-8(13)11(9(2)14,10(3)15)6-4-5-7-12/h8-10,13-15H,4-7H2,1-3H3. The van der Waals surface area contributed by atoms with E-state index in [1.807, 2.05) is 0 Å². The van der Waals surface area contributed by atoms with E-state index in [0.29, 0.717) is 19.3 Å². The van der Waals surface area contributed by atoms with E-state index in [1.165, 1.54) is 0 Å². The second-order valence-corrected chi connectivity index (χ2v) is 4.30. The fourth-order valence-corrected chi connectivity index (χ4v) is 2.21. The van der Waals surface area contributed by atoms with Crippen LogP contribution in [0.4, 0.5) is 0 Å². The molecule has 0 aliphatic carbocycles. The zero-order chi connectivity index (χ0) is 12.1. The van der Waals surface area contributed by atoms with E-state index in [2.05, 4.69) is 0 Å². The lowest BCUT2D eigenvalue weighted by atomic mass is 9.70. The van der Waals surface area contributed by atoms with E-state index < -0.39 is 23.7 Å². The van der Waals surface area contributed by atoms with E-state index in [0.717, 1.165) is 0 Å². The van der Waals surface area contributed by atoms with E-state index in [1.54, 1.807) is 20.8 Å². The van der Waals surface area contributed by atoms with Crippen LogP contribution in [0.15, 0.2) is 0 Å². The summed E-state index contributed by atoms with van der Waals surface area (Å²) in [5.74, 6) is 0. The Balaban J connectivity index is 4.65. The van der Waals surface area contributed by atoms with Crippen molar-refractivity contribution in [2.75, 3.05) is 6.61 Å². The van der Waals surface area contributed by atoms with Crippen molar-refractivity contribution < 1.29 is 20.4 Å². The molecular formula is C11H23O4. The summed E-state index contributed by atoms with van der Waals surface area (Å²) in [7, 11) is 0. The van der Waals surface area contributed by atoms with Crippen molar-refractivity contribution in [3.63, 3.8) is 0 Å². The molecule has 3 unspecified atom stereocenters. The molecule has 15 heavy (non-hydrogen) atoms. The highest BCUT2D eigenvalue weighted by Crippen LogP contribution is 2.36. The monoisotopic (exact) mass is 219 g/mol. The summed E-state index contributed by atoms with van der Waals surface area (Å²) in [6.45, 7) is 4.54. The Hall–Kier alpha value is -0.160. The molecule has 4 heteroatoms. The minimum absolute atomic E-state index is 0.157. The van der Waals surface area contributed by atoms with Crippen LogP contribution in [0.2, 0.25) is 0 Å². The Kier molecular flexibility index (Phi) is 6.36. The zero-order valence-electron chi connectivity index (χ0n) is 9.81. The molecule has 0 aromatic heterocycles. The molecule has 0 aromatic carbocycles. The maximum absolute atomic E-state index is 10.3. The van der Waals surface area contributed by atoms with Crippen molar-refractivity contribution in [3.8, 4) is 0 Å². The van der Waals surface area contributed by atoms with Crippen LogP contribution in [-0.2, 0) is 5.11 Å². The molecule has 1 radical (unpaired) electrons. The Morgan fingerprint density at radius 2 is 1.33 bits per heavy atom. The highest BCUT2D eigenvalue weighted by Gasteiger charge is 2.43. The van der Waals surface area contributed by atoms with Gasteiger partial charge in [-0.05, 0) is 33.6 Å². The zero-order valence-corrected chi connectivity index (χ0v) is 9.81. The highest BCUT2D eigenvalue weighted by atomic mass is 16.3. The molecule has 0 rings (SSSR count). The van der Waals surface area contributed by atoms with Crippen LogP contribution in [0.3, 0.4) is 0 Å². The number of aliphatic hydroxyl groups excluding tert-OH is 3. The Bertz CT molecular complexity index is 144. The first-order chi connectivity index (χ1) is 6.89. The van der Waals surface area contributed by atoms with Crippen molar-refractivity contribution in [2.24, 2.45) is 5.41 Å².